The number of amides is 1. The first-order valence-electron chi connectivity index (χ1n) is 9.99. The minimum atomic E-state index is -0.373. The minimum Gasteiger partial charge on any atom is -0.356 e. The second kappa shape index (κ2) is 7.69. The monoisotopic (exact) mass is 394 g/mol. The molecule has 2 aromatic heterocycles. The van der Waals surface area contributed by atoms with Crippen molar-refractivity contribution >= 4 is 23.2 Å². The summed E-state index contributed by atoms with van der Waals surface area (Å²) in [4.78, 5) is 31.8. The summed E-state index contributed by atoms with van der Waals surface area (Å²) >= 11 is 0. The molecular weight excluding hydrogens is 368 g/mol. The average molecular weight is 394 g/mol. The van der Waals surface area contributed by atoms with E-state index < -0.39 is 0 Å². The lowest BCUT2D eigenvalue weighted by molar-refractivity contribution is -0.117. The van der Waals surface area contributed by atoms with Gasteiger partial charge in [0.05, 0.1) is 0 Å². The third kappa shape index (κ3) is 4.01. The first-order valence-corrected chi connectivity index (χ1v) is 9.99. The number of rotatable bonds is 4. The van der Waals surface area contributed by atoms with Gasteiger partial charge in [-0.1, -0.05) is 24.6 Å². The summed E-state index contributed by atoms with van der Waals surface area (Å²) < 4.78 is 2.53. The fraction of sp³-hybridized carbons (Fsp3) is 0.429. The van der Waals surface area contributed by atoms with Crippen LogP contribution in [0.1, 0.15) is 30.9 Å². The van der Waals surface area contributed by atoms with Gasteiger partial charge in [-0.25, -0.2) is 13.9 Å². The van der Waals surface area contributed by atoms with Crippen LogP contribution in [-0.2, 0) is 11.3 Å². The van der Waals surface area contributed by atoms with Gasteiger partial charge in [0.25, 0.3) is 5.78 Å². The van der Waals surface area contributed by atoms with Crippen molar-refractivity contribution in [1.29, 1.82) is 0 Å². The van der Waals surface area contributed by atoms with Crippen LogP contribution in [0.5, 0.6) is 0 Å². The van der Waals surface area contributed by atoms with E-state index in [4.69, 9.17) is 0 Å². The second-order valence-electron chi connectivity index (χ2n) is 7.96. The molecular formula is C21H26N6O2. The molecule has 1 unspecified atom stereocenters. The molecule has 1 amide bonds. The molecule has 3 heterocycles. The van der Waals surface area contributed by atoms with Crippen LogP contribution in [-0.4, -0.2) is 38.2 Å². The van der Waals surface area contributed by atoms with Gasteiger partial charge in [0.15, 0.2) is 0 Å². The zero-order chi connectivity index (χ0) is 20.5. The van der Waals surface area contributed by atoms with E-state index in [0.717, 1.165) is 46.8 Å². The van der Waals surface area contributed by atoms with Gasteiger partial charge >= 0.3 is 5.69 Å². The van der Waals surface area contributed by atoms with Crippen LogP contribution in [0.4, 0.5) is 11.5 Å². The average Bonchev–Trinajstić information content (AvgIpc) is 2.99. The van der Waals surface area contributed by atoms with E-state index in [9.17, 15) is 9.59 Å². The summed E-state index contributed by atoms with van der Waals surface area (Å²) in [6.07, 6.45) is 4.04. The lowest BCUT2D eigenvalue weighted by Gasteiger charge is -2.31. The lowest BCUT2D eigenvalue weighted by Crippen LogP contribution is -2.35. The topological polar surface area (TPSA) is 84.5 Å². The maximum absolute atomic E-state index is 12.6. The van der Waals surface area contributed by atoms with Crippen LogP contribution in [0.3, 0.4) is 0 Å². The summed E-state index contributed by atoms with van der Waals surface area (Å²) in [6, 6.07) is 7.64. The van der Waals surface area contributed by atoms with Crippen molar-refractivity contribution in [1.82, 2.24) is 19.2 Å². The number of hydrogen-bond donors (Lipinski definition) is 1. The zero-order valence-corrected chi connectivity index (χ0v) is 17.1. The molecule has 1 aliphatic rings. The van der Waals surface area contributed by atoms with Crippen LogP contribution in [0, 0.1) is 19.8 Å². The van der Waals surface area contributed by atoms with Crippen molar-refractivity contribution < 1.29 is 4.79 Å². The van der Waals surface area contributed by atoms with E-state index in [0.29, 0.717) is 11.7 Å². The van der Waals surface area contributed by atoms with Crippen LogP contribution in [0.2, 0.25) is 0 Å². The van der Waals surface area contributed by atoms with Crippen LogP contribution < -0.4 is 15.9 Å². The first kappa shape index (κ1) is 19.2. The second-order valence-corrected chi connectivity index (χ2v) is 7.96. The van der Waals surface area contributed by atoms with Crippen molar-refractivity contribution in [2.45, 2.75) is 40.2 Å². The number of carbonyl (C=O) groups is 1. The van der Waals surface area contributed by atoms with Gasteiger partial charge in [-0.05, 0) is 50.3 Å². The number of fused-ring (bicyclic) bond motifs is 1. The van der Waals surface area contributed by atoms with Gasteiger partial charge < -0.3 is 10.2 Å². The predicted molar refractivity (Wildman–Crippen MR) is 112 cm³/mol. The van der Waals surface area contributed by atoms with E-state index in [1.54, 1.807) is 6.20 Å². The molecule has 0 radical (unpaired) electrons. The van der Waals surface area contributed by atoms with Crippen molar-refractivity contribution in [2.75, 3.05) is 23.3 Å². The smallest absolute Gasteiger partial charge is 0.352 e. The van der Waals surface area contributed by atoms with Gasteiger partial charge in [0.1, 0.15) is 12.4 Å². The molecule has 8 heteroatoms. The maximum atomic E-state index is 12.6. The molecule has 29 heavy (non-hydrogen) atoms. The molecule has 1 aromatic carbocycles. The highest BCUT2D eigenvalue weighted by atomic mass is 16.2. The van der Waals surface area contributed by atoms with E-state index in [-0.39, 0.29) is 18.1 Å². The number of hydrogen-bond acceptors (Lipinski definition) is 5. The molecule has 4 rings (SSSR count). The molecule has 1 fully saturated rings. The van der Waals surface area contributed by atoms with Crippen LogP contribution >= 0.6 is 0 Å². The zero-order valence-electron chi connectivity index (χ0n) is 17.1. The summed E-state index contributed by atoms with van der Waals surface area (Å²) in [5.74, 6) is 1.45. The molecule has 8 nitrogen and oxygen atoms in total. The largest absolute Gasteiger partial charge is 0.356 e. The Morgan fingerprint density at radius 2 is 2.10 bits per heavy atom. The van der Waals surface area contributed by atoms with E-state index in [1.807, 2.05) is 38.1 Å². The molecule has 0 aliphatic carbocycles. The lowest BCUT2D eigenvalue weighted by atomic mass is 10.0. The Balaban J connectivity index is 1.53. The fourth-order valence-corrected chi connectivity index (χ4v) is 3.85. The number of anilines is 2. The van der Waals surface area contributed by atoms with Gasteiger partial charge in [0.2, 0.25) is 5.91 Å². The Morgan fingerprint density at radius 1 is 1.28 bits per heavy atom. The number of aryl methyl sites for hydroxylation is 2. The molecule has 1 aliphatic heterocycles. The summed E-state index contributed by atoms with van der Waals surface area (Å²) in [6.45, 7) is 7.92. The molecule has 0 bridgehead atoms. The number of piperidine rings is 1. The highest BCUT2D eigenvalue weighted by Gasteiger charge is 2.19. The quantitative estimate of drug-likeness (QED) is 0.734. The number of nitrogens with one attached hydrogen (secondary N) is 1. The van der Waals surface area contributed by atoms with Crippen molar-refractivity contribution in [3.8, 4) is 0 Å². The van der Waals surface area contributed by atoms with E-state index >= 15 is 0 Å². The first-order chi connectivity index (χ1) is 13.9. The summed E-state index contributed by atoms with van der Waals surface area (Å²) in [7, 11) is 0. The Kier molecular flexibility index (Phi) is 5.08. The molecule has 0 saturated carbocycles. The SMILES string of the molecule is Cc1ccc(NC(=O)Cn2nc3nc(N4CCCC(C)C4)ccn3c2=O)c(C)c1. The van der Waals surface area contributed by atoms with Crippen LogP contribution in [0.15, 0.2) is 35.3 Å². The number of nitrogens with zero attached hydrogens (tertiary/aromatic N) is 5. The van der Waals surface area contributed by atoms with Gasteiger partial charge in [-0.15, -0.1) is 5.10 Å². The van der Waals surface area contributed by atoms with Crippen molar-refractivity contribution in [3.63, 3.8) is 0 Å². The molecule has 1 atom stereocenters. The molecule has 1 saturated heterocycles. The Hall–Kier alpha value is -3.16. The fourth-order valence-electron chi connectivity index (χ4n) is 3.85. The molecule has 0 spiro atoms. The van der Waals surface area contributed by atoms with Crippen molar-refractivity contribution in [2.24, 2.45) is 5.92 Å². The minimum absolute atomic E-state index is 0.161. The van der Waals surface area contributed by atoms with Gasteiger partial charge in [0, 0.05) is 25.0 Å². The maximum Gasteiger partial charge on any atom is 0.352 e. The summed E-state index contributed by atoms with van der Waals surface area (Å²) in [5, 5.41) is 7.12. The normalized spacial score (nSPS) is 16.9. The molecule has 1 N–H and O–H groups in total. The highest BCUT2D eigenvalue weighted by Crippen LogP contribution is 2.21. The Morgan fingerprint density at radius 3 is 2.86 bits per heavy atom. The van der Waals surface area contributed by atoms with Gasteiger partial charge in [-0.3, -0.25) is 4.79 Å². The van der Waals surface area contributed by atoms with Crippen molar-refractivity contribution in [3.05, 3.63) is 52.1 Å². The molecule has 3 aromatic rings. The highest BCUT2D eigenvalue weighted by molar-refractivity contribution is 5.91. The standard InChI is InChI=1S/C21H26N6O2/c1-14-6-7-17(16(3)11-14)22-19(28)13-27-21(29)26-10-8-18(23-20(26)24-27)25-9-4-5-15(2)12-25/h6-8,10-11,15H,4-5,9,12-13H2,1-3H3,(H,22,28). The Labute approximate surface area is 169 Å². The van der Waals surface area contributed by atoms with E-state index in [1.165, 1.54) is 10.8 Å². The predicted octanol–water partition coefficient (Wildman–Crippen LogP) is 2.38. The molecule has 152 valence electrons. The van der Waals surface area contributed by atoms with Gasteiger partial charge in [-0.2, -0.15) is 4.98 Å². The third-order valence-corrected chi connectivity index (χ3v) is 5.37. The number of aromatic nitrogens is 4. The summed E-state index contributed by atoms with van der Waals surface area (Å²) in [5.41, 5.74) is 2.46. The van der Waals surface area contributed by atoms with Crippen LogP contribution in [0.25, 0.3) is 5.78 Å². The Bertz CT molecular complexity index is 1120. The number of carbonyl (C=O) groups excluding carboxylic acids is 1. The third-order valence-electron chi connectivity index (χ3n) is 5.37. The van der Waals surface area contributed by atoms with E-state index in [2.05, 4.69) is 27.2 Å². The number of benzene rings is 1.